The van der Waals surface area contributed by atoms with Crippen LogP contribution in [0.4, 0.5) is 0 Å². The Bertz CT molecular complexity index is 153. The third-order valence-corrected chi connectivity index (χ3v) is 5.44. The molecule has 0 radical (unpaired) electrons. The largest absolute Gasteiger partial charge is 0.395 e. The molecule has 0 spiro atoms. The lowest BCUT2D eigenvalue weighted by molar-refractivity contribution is 0.188. The molecule has 0 bridgehead atoms. The average molecular weight is 248 g/mol. The van der Waals surface area contributed by atoms with Gasteiger partial charge in [-0.3, -0.25) is 0 Å². The van der Waals surface area contributed by atoms with Crippen molar-refractivity contribution in [2.75, 3.05) is 33.0 Å². The Morgan fingerprint density at radius 2 is 1.62 bits per heavy atom. The zero-order chi connectivity index (χ0) is 12.3. The Balaban J connectivity index is 3.59. The number of rotatable bonds is 11. The van der Waals surface area contributed by atoms with Gasteiger partial charge in [-0.1, -0.05) is 6.92 Å². The van der Waals surface area contributed by atoms with Crippen molar-refractivity contribution in [1.29, 1.82) is 0 Å². The molecular weight excluding hydrogens is 220 g/mol. The van der Waals surface area contributed by atoms with Crippen molar-refractivity contribution in [3.05, 3.63) is 0 Å². The summed E-state index contributed by atoms with van der Waals surface area (Å²) >= 11 is 0. The Labute approximate surface area is 101 Å². The molecule has 0 aliphatic carbocycles. The second-order valence-electron chi connectivity index (χ2n) is 3.88. The van der Waals surface area contributed by atoms with Crippen LogP contribution in [-0.4, -0.2) is 41.5 Å². The first-order valence-electron chi connectivity index (χ1n) is 6.37. The fraction of sp³-hybridized carbons (Fsp3) is 1.00. The second-order valence-corrected chi connectivity index (χ2v) is 7.23. The summed E-state index contributed by atoms with van der Waals surface area (Å²) in [6.45, 7) is 12.8. The van der Waals surface area contributed by atoms with Crippen LogP contribution >= 0.6 is 0 Å². The summed E-state index contributed by atoms with van der Waals surface area (Å²) in [6.07, 6.45) is 1.12. The highest BCUT2D eigenvalue weighted by molar-refractivity contribution is 6.66. The van der Waals surface area contributed by atoms with Gasteiger partial charge >= 0.3 is 8.56 Å². The minimum Gasteiger partial charge on any atom is -0.395 e. The summed E-state index contributed by atoms with van der Waals surface area (Å²) in [5, 5.41) is 6.58. The van der Waals surface area contributed by atoms with E-state index in [-0.39, 0.29) is 0 Å². The molecule has 0 saturated carbocycles. The summed E-state index contributed by atoms with van der Waals surface area (Å²) in [5.74, 6) is 0. The van der Waals surface area contributed by atoms with Crippen LogP contribution in [0.5, 0.6) is 0 Å². The lowest BCUT2D eigenvalue weighted by Gasteiger charge is -2.25. The molecule has 98 valence electrons. The fourth-order valence-corrected chi connectivity index (χ4v) is 4.05. The third kappa shape index (κ3) is 8.24. The molecular formula is C11H28N2O2Si. The number of nitrogens with one attached hydrogen (secondary N) is 2. The summed E-state index contributed by atoms with van der Waals surface area (Å²) < 4.78 is 11.5. The van der Waals surface area contributed by atoms with E-state index in [1.807, 2.05) is 13.8 Å². The smallest absolute Gasteiger partial charge is 0.334 e. The van der Waals surface area contributed by atoms with Crippen molar-refractivity contribution in [2.45, 2.75) is 39.8 Å². The van der Waals surface area contributed by atoms with Gasteiger partial charge in [-0.15, -0.1) is 0 Å². The first-order chi connectivity index (χ1) is 7.68. The molecule has 4 nitrogen and oxygen atoms in total. The van der Waals surface area contributed by atoms with Crippen molar-refractivity contribution in [3.63, 3.8) is 0 Å². The highest BCUT2D eigenvalue weighted by Gasteiger charge is 2.29. The minimum absolute atomic E-state index is 0.757. The molecule has 0 fully saturated rings. The van der Waals surface area contributed by atoms with E-state index in [0.717, 1.165) is 45.4 Å². The Morgan fingerprint density at radius 3 is 2.12 bits per heavy atom. The molecule has 0 aromatic heterocycles. The van der Waals surface area contributed by atoms with E-state index < -0.39 is 8.56 Å². The van der Waals surface area contributed by atoms with Gasteiger partial charge in [-0.2, -0.15) is 0 Å². The first kappa shape index (κ1) is 16.1. The lowest BCUT2D eigenvalue weighted by atomic mass is 10.5. The van der Waals surface area contributed by atoms with E-state index >= 15 is 0 Å². The van der Waals surface area contributed by atoms with Gasteiger partial charge < -0.3 is 19.5 Å². The molecule has 16 heavy (non-hydrogen) atoms. The molecule has 0 atom stereocenters. The molecule has 0 saturated heterocycles. The van der Waals surface area contributed by atoms with Crippen molar-refractivity contribution < 1.29 is 8.85 Å². The molecule has 5 heteroatoms. The zero-order valence-corrected chi connectivity index (χ0v) is 12.3. The van der Waals surface area contributed by atoms with Gasteiger partial charge in [0.25, 0.3) is 0 Å². The minimum atomic E-state index is -1.88. The van der Waals surface area contributed by atoms with Crippen LogP contribution in [-0.2, 0) is 8.85 Å². The quantitative estimate of drug-likeness (QED) is 0.332. The van der Waals surface area contributed by atoms with Crippen LogP contribution in [0, 0.1) is 0 Å². The van der Waals surface area contributed by atoms with Gasteiger partial charge in [-0.05, 0) is 45.9 Å². The zero-order valence-electron chi connectivity index (χ0n) is 11.3. The Hall–Kier alpha value is 0.0569. The maximum atomic E-state index is 5.77. The van der Waals surface area contributed by atoms with Gasteiger partial charge in [0.1, 0.15) is 0 Å². The molecule has 0 amide bonds. The maximum absolute atomic E-state index is 5.77. The van der Waals surface area contributed by atoms with Crippen LogP contribution in [0.25, 0.3) is 0 Å². The molecule has 2 N–H and O–H groups in total. The molecule has 0 aliphatic rings. The van der Waals surface area contributed by atoms with Crippen LogP contribution < -0.4 is 10.6 Å². The van der Waals surface area contributed by atoms with Crippen LogP contribution in [0.15, 0.2) is 0 Å². The topological polar surface area (TPSA) is 42.5 Å². The first-order valence-corrected chi connectivity index (χ1v) is 8.90. The SMILES string of the molecule is CCNCNCCC[Si](C)(OCC)OCC. The molecule has 0 heterocycles. The van der Waals surface area contributed by atoms with E-state index in [2.05, 4.69) is 24.1 Å². The maximum Gasteiger partial charge on any atom is 0.334 e. The van der Waals surface area contributed by atoms with Crippen LogP contribution in [0.1, 0.15) is 27.2 Å². The van der Waals surface area contributed by atoms with Crippen molar-refractivity contribution in [2.24, 2.45) is 0 Å². The van der Waals surface area contributed by atoms with Crippen molar-refractivity contribution in [3.8, 4) is 0 Å². The highest BCUT2D eigenvalue weighted by Crippen LogP contribution is 2.15. The van der Waals surface area contributed by atoms with Gasteiger partial charge in [0.05, 0.1) is 0 Å². The van der Waals surface area contributed by atoms with E-state index in [1.54, 1.807) is 0 Å². The summed E-state index contributed by atoms with van der Waals surface area (Å²) in [4.78, 5) is 0. The summed E-state index contributed by atoms with van der Waals surface area (Å²) in [7, 11) is -1.88. The highest BCUT2D eigenvalue weighted by atomic mass is 28.4. The number of hydrogen-bond donors (Lipinski definition) is 2. The predicted octanol–water partition coefficient (Wildman–Crippen LogP) is 1.68. The van der Waals surface area contributed by atoms with Gasteiger partial charge in [0.15, 0.2) is 0 Å². The van der Waals surface area contributed by atoms with Gasteiger partial charge in [0.2, 0.25) is 0 Å². The average Bonchev–Trinajstić information content (AvgIpc) is 2.24. The standard InChI is InChI=1S/C11H28N2O2Si/c1-5-12-11-13-9-8-10-16(4,14-6-2)15-7-3/h12-13H,5-11H2,1-4H3. The Morgan fingerprint density at radius 1 is 1.00 bits per heavy atom. The van der Waals surface area contributed by atoms with E-state index in [1.165, 1.54) is 0 Å². The van der Waals surface area contributed by atoms with Crippen LogP contribution in [0.3, 0.4) is 0 Å². The molecule has 0 unspecified atom stereocenters. The molecule has 0 rings (SSSR count). The summed E-state index contributed by atoms with van der Waals surface area (Å²) in [6, 6.07) is 1.06. The van der Waals surface area contributed by atoms with Crippen LogP contribution in [0.2, 0.25) is 12.6 Å². The van der Waals surface area contributed by atoms with Gasteiger partial charge in [-0.25, -0.2) is 0 Å². The third-order valence-electron chi connectivity index (χ3n) is 2.38. The van der Waals surface area contributed by atoms with E-state index in [4.69, 9.17) is 8.85 Å². The van der Waals surface area contributed by atoms with Gasteiger partial charge in [0, 0.05) is 19.9 Å². The molecule has 0 aromatic rings. The Kier molecular flexibility index (Phi) is 10.3. The van der Waals surface area contributed by atoms with E-state index in [9.17, 15) is 0 Å². The normalized spacial score (nSPS) is 12.0. The van der Waals surface area contributed by atoms with Crippen molar-refractivity contribution in [1.82, 2.24) is 10.6 Å². The molecule has 0 aromatic carbocycles. The monoisotopic (exact) mass is 248 g/mol. The lowest BCUT2D eigenvalue weighted by Crippen LogP contribution is -2.39. The number of hydrogen-bond acceptors (Lipinski definition) is 4. The van der Waals surface area contributed by atoms with Crippen molar-refractivity contribution >= 4 is 8.56 Å². The van der Waals surface area contributed by atoms with E-state index in [0.29, 0.717) is 0 Å². The fourth-order valence-electron chi connectivity index (χ4n) is 1.63. The summed E-state index contributed by atoms with van der Waals surface area (Å²) in [5.41, 5.74) is 0. The molecule has 0 aliphatic heterocycles. The predicted molar refractivity (Wildman–Crippen MR) is 70.8 cm³/mol. The second kappa shape index (κ2) is 10.2.